The normalized spacial score (nSPS) is 17.6. The summed E-state index contributed by atoms with van der Waals surface area (Å²) in [5.41, 5.74) is 1.86. The maximum absolute atomic E-state index is 11.4. The Hall–Kier alpha value is -2.36. The van der Waals surface area contributed by atoms with Gasteiger partial charge in [0.15, 0.2) is 11.6 Å². The monoisotopic (exact) mass is 227 g/mol. The van der Waals surface area contributed by atoms with Gasteiger partial charge in [0.1, 0.15) is 5.58 Å². The van der Waals surface area contributed by atoms with E-state index < -0.39 is 5.97 Å². The Balaban J connectivity index is 2.14. The predicted molar refractivity (Wildman–Crippen MR) is 63.4 cm³/mol. The number of esters is 1. The fourth-order valence-corrected chi connectivity index (χ4v) is 1.79. The van der Waals surface area contributed by atoms with Crippen LogP contribution < -0.4 is 0 Å². The molecule has 0 aliphatic carbocycles. The van der Waals surface area contributed by atoms with Crippen LogP contribution in [0.25, 0.3) is 17.0 Å². The number of furan rings is 1. The van der Waals surface area contributed by atoms with Crippen LogP contribution >= 0.6 is 0 Å². The van der Waals surface area contributed by atoms with E-state index in [-0.39, 0.29) is 0 Å². The second-order valence-corrected chi connectivity index (χ2v) is 3.74. The van der Waals surface area contributed by atoms with Gasteiger partial charge < -0.3 is 9.15 Å². The zero-order chi connectivity index (χ0) is 11.8. The number of benzene rings is 1. The van der Waals surface area contributed by atoms with E-state index in [1.807, 2.05) is 24.3 Å². The maximum Gasteiger partial charge on any atom is 0.363 e. The SMILES string of the molecule is CC1=N/C(=C/c2cccc3ccoc23)C(=O)O1. The molecule has 0 saturated heterocycles. The van der Waals surface area contributed by atoms with Crippen LogP contribution in [0.4, 0.5) is 0 Å². The summed E-state index contributed by atoms with van der Waals surface area (Å²) in [5, 5.41) is 0.992. The summed E-state index contributed by atoms with van der Waals surface area (Å²) in [5.74, 6) is -0.0565. The molecular formula is C13H9NO3. The first kappa shape index (κ1) is 9.84. The standard InChI is InChI=1S/C13H9NO3/c1-8-14-11(13(15)17-8)7-10-4-2-3-9-5-6-16-12(9)10/h2-7H,1H3/b11-7+. The number of fused-ring (bicyclic) bond motifs is 1. The number of rotatable bonds is 1. The van der Waals surface area contributed by atoms with Crippen LogP contribution in [0.5, 0.6) is 0 Å². The van der Waals surface area contributed by atoms with Crippen LogP contribution in [0.2, 0.25) is 0 Å². The summed E-state index contributed by atoms with van der Waals surface area (Å²) in [6.45, 7) is 1.65. The highest BCUT2D eigenvalue weighted by molar-refractivity contribution is 6.07. The topological polar surface area (TPSA) is 51.8 Å². The molecule has 0 atom stereocenters. The average Bonchev–Trinajstić information content (AvgIpc) is 2.87. The summed E-state index contributed by atoms with van der Waals surface area (Å²) in [6, 6.07) is 7.59. The Kier molecular flexibility index (Phi) is 2.08. The van der Waals surface area contributed by atoms with Crippen LogP contribution in [0, 0.1) is 0 Å². The summed E-state index contributed by atoms with van der Waals surface area (Å²) < 4.78 is 10.2. The molecule has 84 valence electrons. The Morgan fingerprint density at radius 3 is 2.94 bits per heavy atom. The Morgan fingerprint density at radius 2 is 2.18 bits per heavy atom. The van der Waals surface area contributed by atoms with Gasteiger partial charge in [0, 0.05) is 17.9 Å². The van der Waals surface area contributed by atoms with Crippen molar-refractivity contribution < 1.29 is 13.9 Å². The van der Waals surface area contributed by atoms with Crippen molar-refractivity contribution >= 4 is 28.9 Å². The van der Waals surface area contributed by atoms with Crippen molar-refractivity contribution in [2.75, 3.05) is 0 Å². The van der Waals surface area contributed by atoms with Crippen molar-refractivity contribution in [3.05, 3.63) is 41.8 Å². The van der Waals surface area contributed by atoms with E-state index in [1.54, 1.807) is 19.3 Å². The van der Waals surface area contributed by atoms with Crippen LogP contribution in [-0.4, -0.2) is 11.9 Å². The lowest BCUT2D eigenvalue weighted by molar-refractivity contribution is -0.130. The number of carbonyl (C=O) groups excluding carboxylic acids is 1. The van der Waals surface area contributed by atoms with E-state index in [0.29, 0.717) is 11.6 Å². The molecular weight excluding hydrogens is 218 g/mol. The van der Waals surface area contributed by atoms with Gasteiger partial charge in [0.2, 0.25) is 0 Å². The number of cyclic esters (lactones) is 1. The van der Waals surface area contributed by atoms with Crippen molar-refractivity contribution in [2.45, 2.75) is 6.92 Å². The van der Waals surface area contributed by atoms with Gasteiger partial charge in [-0.15, -0.1) is 0 Å². The lowest BCUT2D eigenvalue weighted by Gasteiger charge is -1.95. The zero-order valence-electron chi connectivity index (χ0n) is 9.14. The molecule has 1 aromatic carbocycles. The molecule has 2 aromatic rings. The molecule has 3 rings (SSSR count). The zero-order valence-corrected chi connectivity index (χ0v) is 9.14. The number of nitrogens with zero attached hydrogens (tertiary/aromatic N) is 1. The third-order valence-corrected chi connectivity index (χ3v) is 2.53. The first-order valence-corrected chi connectivity index (χ1v) is 5.19. The largest absolute Gasteiger partial charge is 0.464 e. The molecule has 1 aromatic heterocycles. The quantitative estimate of drug-likeness (QED) is 0.556. The molecule has 0 bridgehead atoms. The minimum atomic E-state index is -0.425. The van der Waals surface area contributed by atoms with Gasteiger partial charge in [-0.1, -0.05) is 18.2 Å². The predicted octanol–water partition coefficient (Wildman–Crippen LogP) is 2.75. The van der Waals surface area contributed by atoms with E-state index >= 15 is 0 Å². The molecule has 0 fully saturated rings. The number of para-hydroxylation sites is 1. The van der Waals surface area contributed by atoms with Crippen LogP contribution in [0.1, 0.15) is 12.5 Å². The fourth-order valence-electron chi connectivity index (χ4n) is 1.79. The maximum atomic E-state index is 11.4. The van der Waals surface area contributed by atoms with Crippen molar-refractivity contribution in [1.82, 2.24) is 0 Å². The van der Waals surface area contributed by atoms with Crippen LogP contribution in [-0.2, 0) is 9.53 Å². The fraction of sp³-hybridized carbons (Fsp3) is 0.0769. The molecule has 4 nitrogen and oxygen atoms in total. The van der Waals surface area contributed by atoms with Crippen LogP contribution in [0.3, 0.4) is 0 Å². The van der Waals surface area contributed by atoms with Crippen molar-refractivity contribution in [2.24, 2.45) is 4.99 Å². The number of hydrogen-bond acceptors (Lipinski definition) is 4. The summed E-state index contributed by atoms with van der Waals surface area (Å²) in [6.07, 6.45) is 3.29. The highest BCUT2D eigenvalue weighted by atomic mass is 16.6. The second kappa shape index (κ2) is 3.59. The Labute approximate surface area is 97.2 Å². The highest BCUT2D eigenvalue weighted by Gasteiger charge is 2.20. The first-order valence-electron chi connectivity index (χ1n) is 5.19. The Bertz CT molecular complexity index is 664. The number of hydrogen-bond donors (Lipinski definition) is 0. The van der Waals surface area contributed by atoms with E-state index in [4.69, 9.17) is 9.15 Å². The van der Waals surface area contributed by atoms with E-state index in [0.717, 1.165) is 16.5 Å². The van der Waals surface area contributed by atoms with Gasteiger partial charge in [0.05, 0.1) is 6.26 Å². The smallest absolute Gasteiger partial charge is 0.363 e. The molecule has 0 spiro atoms. The van der Waals surface area contributed by atoms with Gasteiger partial charge in [-0.3, -0.25) is 0 Å². The third kappa shape index (κ3) is 1.63. The summed E-state index contributed by atoms with van der Waals surface area (Å²) in [4.78, 5) is 15.4. The molecule has 4 heteroatoms. The van der Waals surface area contributed by atoms with Gasteiger partial charge >= 0.3 is 5.97 Å². The molecule has 17 heavy (non-hydrogen) atoms. The van der Waals surface area contributed by atoms with Crippen LogP contribution in [0.15, 0.2) is 45.6 Å². The number of ether oxygens (including phenoxy) is 1. The van der Waals surface area contributed by atoms with Gasteiger partial charge in [-0.25, -0.2) is 9.79 Å². The van der Waals surface area contributed by atoms with Crippen molar-refractivity contribution in [3.8, 4) is 0 Å². The number of carbonyl (C=O) groups is 1. The molecule has 0 amide bonds. The van der Waals surface area contributed by atoms with E-state index in [1.165, 1.54) is 0 Å². The van der Waals surface area contributed by atoms with Crippen molar-refractivity contribution in [3.63, 3.8) is 0 Å². The van der Waals surface area contributed by atoms with Gasteiger partial charge in [-0.05, 0) is 12.1 Å². The van der Waals surface area contributed by atoms with Crippen molar-refractivity contribution in [1.29, 1.82) is 0 Å². The third-order valence-electron chi connectivity index (χ3n) is 2.53. The Morgan fingerprint density at radius 1 is 1.29 bits per heavy atom. The lowest BCUT2D eigenvalue weighted by Crippen LogP contribution is -1.99. The molecule has 0 unspecified atom stereocenters. The van der Waals surface area contributed by atoms with Gasteiger partial charge in [0.25, 0.3) is 0 Å². The summed E-state index contributed by atoms with van der Waals surface area (Å²) in [7, 11) is 0. The minimum absolute atomic E-state index is 0.298. The minimum Gasteiger partial charge on any atom is -0.464 e. The lowest BCUT2D eigenvalue weighted by atomic mass is 10.1. The highest BCUT2D eigenvalue weighted by Crippen LogP contribution is 2.23. The summed E-state index contributed by atoms with van der Waals surface area (Å²) >= 11 is 0. The molecule has 2 heterocycles. The van der Waals surface area contributed by atoms with E-state index in [2.05, 4.69) is 4.99 Å². The first-order chi connectivity index (χ1) is 8.24. The molecule has 1 aliphatic heterocycles. The second-order valence-electron chi connectivity index (χ2n) is 3.74. The number of aliphatic imine (C=N–C) groups is 1. The molecule has 0 N–H and O–H groups in total. The molecule has 0 radical (unpaired) electrons. The molecule has 1 aliphatic rings. The average molecular weight is 227 g/mol. The molecule has 0 saturated carbocycles. The van der Waals surface area contributed by atoms with Gasteiger partial charge in [-0.2, -0.15) is 0 Å². The van der Waals surface area contributed by atoms with E-state index in [9.17, 15) is 4.79 Å².